The highest BCUT2D eigenvalue weighted by molar-refractivity contribution is 7.89. The molecule has 0 aliphatic rings. The van der Waals surface area contributed by atoms with Crippen LogP contribution < -0.4 is 10.0 Å². The molecule has 1 atom stereocenters. The van der Waals surface area contributed by atoms with E-state index in [4.69, 9.17) is 5.11 Å². The quantitative estimate of drug-likeness (QED) is 0.731. The molecule has 1 aromatic carbocycles. The smallest absolute Gasteiger partial charge is 0.243 e. The molecule has 0 aliphatic carbocycles. The molecule has 0 aliphatic heterocycles. The highest BCUT2D eigenvalue weighted by Gasteiger charge is 2.24. The molecular formula is C13H19FN2O4S. The number of halogens is 1. The zero-order valence-electron chi connectivity index (χ0n) is 12.1. The Labute approximate surface area is 123 Å². The Hall–Kier alpha value is -1.51. The molecule has 0 saturated carbocycles. The van der Waals surface area contributed by atoms with E-state index in [1.807, 2.05) is 0 Å². The third-order valence-corrected chi connectivity index (χ3v) is 4.37. The largest absolute Gasteiger partial charge is 0.395 e. The average molecular weight is 318 g/mol. The lowest BCUT2D eigenvalue weighted by Crippen LogP contribution is -2.41. The van der Waals surface area contributed by atoms with Gasteiger partial charge in [-0.05, 0) is 24.1 Å². The molecule has 1 unspecified atom stereocenters. The van der Waals surface area contributed by atoms with Gasteiger partial charge in [0, 0.05) is 18.7 Å². The Morgan fingerprint density at radius 3 is 2.43 bits per heavy atom. The van der Waals surface area contributed by atoms with E-state index >= 15 is 0 Å². The lowest BCUT2D eigenvalue weighted by Gasteiger charge is -2.20. The number of aliphatic hydroxyl groups is 1. The normalized spacial score (nSPS) is 13.2. The van der Waals surface area contributed by atoms with Crippen LogP contribution in [0, 0.1) is 11.7 Å². The van der Waals surface area contributed by atoms with Gasteiger partial charge in [-0.3, -0.25) is 4.79 Å². The third kappa shape index (κ3) is 4.76. The first-order chi connectivity index (χ1) is 9.67. The second-order valence-corrected chi connectivity index (χ2v) is 6.66. The number of hydrogen-bond acceptors (Lipinski definition) is 4. The van der Waals surface area contributed by atoms with Crippen molar-refractivity contribution in [3.63, 3.8) is 0 Å². The molecule has 0 spiro atoms. The van der Waals surface area contributed by atoms with E-state index in [9.17, 15) is 17.6 Å². The summed E-state index contributed by atoms with van der Waals surface area (Å²) in [5.41, 5.74) is 0.168. The summed E-state index contributed by atoms with van der Waals surface area (Å²) in [5.74, 6) is -1.51. The fourth-order valence-corrected chi connectivity index (χ4v) is 3.08. The van der Waals surface area contributed by atoms with E-state index < -0.39 is 26.8 Å². The number of nitrogens with one attached hydrogen (secondary N) is 2. The van der Waals surface area contributed by atoms with Crippen LogP contribution in [0.15, 0.2) is 23.1 Å². The van der Waals surface area contributed by atoms with Crippen LogP contribution in [0.4, 0.5) is 10.1 Å². The average Bonchev–Trinajstić information content (AvgIpc) is 2.34. The van der Waals surface area contributed by atoms with Crippen LogP contribution in [-0.2, 0) is 14.8 Å². The molecule has 118 valence electrons. The number of sulfonamides is 1. The van der Waals surface area contributed by atoms with Gasteiger partial charge in [0.25, 0.3) is 0 Å². The van der Waals surface area contributed by atoms with E-state index in [-0.39, 0.29) is 24.1 Å². The minimum atomic E-state index is -4.09. The van der Waals surface area contributed by atoms with Crippen molar-refractivity contribution in [1.82, 2.24) is 4.72 Å². The van der Waals surface area contributed by atoms with E-state index in [0.717, 1.165) is 12.1 Å². The second kappa shape index (κ2) is 6.97. The van der Waals surface area contributed by atoms with Crippen molar-refractivity contribution in [3.05, 3.63) is 24.0 Å². The first-order valence-corrected chi connectivity index (χ1v) is 7.86. The fraction of sp³-hybridized carbons (Fsp3) is 0.462. The van der Waals surface area contributed by atoms with Gasteiger partial charge in [-0.1, -0.05) is 13.8 Å². The third-order valence-electron chi connectivity index (χ3n) is 2.85. The van der Waals surface area contributed by atoms with Gasteiger partial charge < -0.3 is 10.4 Å². The summed E-state index contributed by atoms with van der Waals surface area (Å²) in [4.78, 5) is 10.3. The molecule has 0 heterocycles. The number of amides is 1. The molecular weight excluding hydrogens is 299 g/mol. The monoisotopic (exact) mass is 318 g/mol. The zero-order valence-corrected chi connectivity index (χ0v) is 12.9. The summed E-state index contributed by atoms with van der Waals surface area (Å²) in [5, 5.41) is 11.5. The lowest BCUT2D eigenvalue weighted by molar-refractivity contribution is -0.114. The number of hydrogen-bond donors (Lipinski definition) is 3. The van der Waals surface area contributed by atoms with Crippen LogP contribution in [0.2, 0.25) is 0 Å². The summed E-state index contributed by atoms with van der Waals surface area (Å²) in [7, 11) is -4.09. The molecule has 0 saturated heterocycles. The lowest BCUT2D eigenvalue weighted by atomic mass is 10.1. The van der Waals surface area contributed by atoms with Crippen LogP contribution in [0.1, 0.15) is 20.8 Å². The Morgan fingerprint density at radius 2 is 2.00 bits per heavy atom. The van der Waals surface area contributed by atoms with Gasteiger partial charge in [-0.25, -0.2) is 17.5 Å². The van der Waals surface area contributed by atoms with E-state index in [1.54, 1.807) is 13.8 Å². The number of aliphatic hydroxyl groups excluding tert-OH is 1. The predicted molar refractivity (Wildman–Crippen MR) is 76.7 cm³/mol. The van der Waals surface area contributed by atoms with Crippen molar-refractivity contribution in [3.8, 4) is 0 Å². The zero-order chi connectivity index (χ0) is 16.2. The van der Waals surface area contributed by atoms with E-state index in [0.29, 0.717) is 0 Å². The second-order valence-electron chi connectivity index (χ2n) is 4.98. The molecule has 1 aromatic rings. The van der Waals surface area contributed by atoms with Crippen LogP contribution in [0.25, 0.3) is 0 Å². The Balaban J connectivity index is 3.06. The molecule has 6 nitrogen and oxygen atoms in total. The summed E-state index contributed by atoms with van der Waals surface area (Å²) >= 11 is 0. The van der Waals surface area contributed by atoms with Gasteiger partial charge in [-0.15, -0.1) is 0 Å². The molecule has 8 heteroatoms. The minimum Gasteiger partial charge on any atom is -0.395 e. The molecule has 1 rings (SSSR count). The number of anilines is 1. The van der Waals surface area contributed by atoms with Crippen molar-refractivity contribution in [2.75, 3.05) is 11.9 Å². The SMILES string of the molecule is CC(=O)Nc1ccc(S(=O)(=O)NC(CO)C(C)C)c(F)c1. The van der Waals surface area contributed by atoms with E-state index in [2.05, 4.69) is 10.0 Å². The van der Waals surface area contributed by atoms with Crippen molar-refractivity contribution < 1.29 is 22.7 Å². The van der Waals surface area contributed by atoms with Gasteiger partial charge >= 0.3 is 0 Å². The highest BCUT2D eigenvalue weighted by Crippen LogP contribution is 2.20. The highest BCUT2D eigenvalue weighted by atomic mass is 32.2. The minimum absolute atomic E-state index is 0.147. The maximum Gasteiger partial charge on any atom is 0.243 e. The molecule has 1 amide bonds. The van der Waals surface area contributed by atoms with Gasteiger partial charge in [0.15, 0.2) is 0 Å². The maximum absolute atomic E-state index is 13.9. The molecule has 0 bridgehead atoms. The Morgan fingerprint density at radius 1 is 1.38 bits per heavy atom. The predicted octanol–water partition coefficient (Wildman–Crippen LogP) is 1.08. The molecule has 0 fully saturated rings. The topological polar surface area (TPSA) is 95.5 Å². The molecule has 0 aromatic heterocycles. The van der Waals surface area contributed by atoms with Crippen molar-refractivity contribution >= 4 is 21.6 Å². The molecule has 3 N–H and O–H groups in total. The maximum atomic E-state index is 13.9. The number of benzene rings is 1. The number of carbonyl (C=O) groups excluding carboxylic acids is 1. The van der Waals surface area contributed by atoms with Gasteiger partial charge in [0.1, 0.15) is 10.7 Å². The van der Waals surface area contributed by atoms with Crippen molar-refractivity contribution in [1.29, 1.82) is 0 Å². The number of carbonyl (C=O) groups is 1. The van der Waals surface area contributed by atoms with Crippen LogP contribution in [0.5, 0.6) is 0 Å². The summed E-state index contributed by atoms with van der Waals surface area (Å²) < 4.78 is 40.4. The van der Waals surface area contributed by atoms with E-state index in [1.165, 1.54) is 13.0 Å². The van der Waals surface area contributed by atoms with Crippen LogP contribution in [0.3, 0.4) is 0 Å². The van der Waals surface area contributed by atoms with Gasteiger partial charge in [0.2, 0.25) is 15.9 Å². The van der Waals surface area contributed by atoms with Gasteiger partial charge in [0.05, 0.1) is 6.61 Å². The molecule has 21 heavy (non-hydrogen) atoms. The Bertz CT molecular complexity index is 617. The number of rotatable bonds is 6. The van der Waals surface area contributed by atoms with Crippen molar-refractivity contribution in [2.45, 2.75) is 31.7 Å². The Kier molecular flexibility index (Phi) is 5.82. The summed E-state index contributed by atoms with van der Waals surface area (Å²) in [6.45, 7) is 4.35. The molecule has 0 radical (unpaired) electrons. The fourth-order valence-electron chi connectivity index (χ4n) is 1.65. The van der Waals surface area contributed by atoms with Gasteiger partial charge in [-0.2, -0.15) is 0 Å². The summed E-state index contributed by atoms with van der Waals surface area (Å²) in [6.07, 6.45) is 0. The summed E-state index contributed by atoms with van der Waals surface area (Å²) in [6, 6.07) is 2.59. The first kappa shape index (κ1) is 17.5. The van der Waals surface area contributed by atoms with Crippen molar-refractivity contribution in [2.24, 2.45) is 5.92 Å². The van der Waals surface area contributed by atoms with Crippen LogP contribution >= 0.6 is 0 Å². The standard InChI is InChI=1S/C13H19FN2O4S/c1-8(2)12(7-17)16-21(19,20)13-5-4-10(6-11(13)14)15-9(3)18/h4-6,8,12,16-17H,7H2,1-3H3,(H,15,18). The van der Waals surface area contributed by atoms with Crippen LogP contribution in [-0.4, -0.2) is 32.1 Å². The first-order valence-electron chi connectivity index (χ1n) is 6.37.